The number of carboxylic acid groups (broad SMARTS) is 1. The van der Waals surface area contributed by atoms with E-state index in [1.165, 1.54) is 39.1 Å². The molecule has 0 atom stereocenters. The molecule has 2 aromatic carbocycles. The lowest BCUT2D eigenvalue weighted by Crippen LogP contribution is -2.25. The number of hydrogen-bond donors (Lipinski definition) is 1. The number of benzene rings is 2. The van der Waals surface area contributed by atoms with Crippen LogP contribution in [0.5, 0.6) is 5.75 Å². The molecule has 180 valence electrons. The van der Waals surface area contributed by atoms with Crippen LogP contribution in [-0.2, 0) is 11.3 Å². The van der Waals surface area contributed by atoms with E-state index in [-0.39, 0.29) is 6.61 Å². The maximum atomic E-state index is 10.8. The minimum Gasteiger partial charge on any atom is -0.482 e. The first-order chi connectivity index (χ1) is 16.3. The quantitative estimate of drug-likeness (QED) is 0.406. The Labute approximate surface area is 204 Å². The highest BCUT2D eigenvalue weighted by Gasteiger charge is 2.16. The Hall–Kier alpha value is -3.27. The summed E-state index contributed by atoms with van der Waals surface area (Å²) in [6.07, 6.45) is 10.1. The summed E-state index contributed by atoms with van der Waals surface area (Å²) in [4.78, 5) is 13.3. The first kappa shape index (κ1) is 25.4. The lowest BCUT2D eigenvalue weighted by Gasteiger charge is -2.28. The number of aryl methyl sites for hydroxylation is 1. The Morgan fingerprint density at radius 3 is 2.59 bits per heavy atom. The molecule has 0 heterocycles. The molecule has 4 nitrogen and oxygen atoms in total. The Bertz CT molecular complexity index is 1120. The lowest BCUT2D eigenvalue weighted by molar-refractivity contribution is -0.139. The highest BCUT2D eigenvalue weighted by atomic mass is 16.5. The topological polar surface area (TPSA) is 49.8 Å². The molecule has 34 heavy (non-hydrogen) atoms. The van der Waals surface area contributed by atoms with Crippen molar-refractivity contribution in [2.75, 3.05) is 18.1 Å². The van der Waals surface area contributed by atoms with Gasteiger partial charge in [0.2, 0.25) is 0 Å². The smallest absolute Gasteiger partial charge is 0.341 e. The van der Waals surface area contributed by atoms with Crippen LogP contribution in [0.3, 0.4) is 0 Å². The Morgan fingerprint density at radius 1 is 1.09 bits per heavy atom. The van der Waals surface area contributed by atoms with Crippen molar-refractivity contribution in [3.8, 4) is 5.75 Å². The highest BCUT2D eigenvalue weighted by molar-refractivity contribution is 5.83. The number of hydrogen-bond acceptors (Lipinski definition) is 3. The average molecular weight is 460 g/mol. The molecule has 1 aliphatic rings. The highest BCUT2D eigenvalue weighted by Crippen LogP contribution is 2.34. The van der Waals surface area contributed by atoms with Crippen molar-refractivity contribution in [2.24, 2.45) is 0 Å². The molecule has 4 heteroatoms. The Kier molecular flexibility index (Phi) is 8.75. The molecule has 2 aromatic rings. The van der Waals surface area contributed by atoms with Gasteiger partial charge in [-0.3, -0.25) is 0 Å². The zero-order valence-electron chi connectivity index (χ0n) is 21.1. The molecule has 0 saturated heterocycles. The summed E-state index contributed by atoms with van der Waals surface area (Å²) in [6, 6.07) is 12.7. The predicted molar refractivity (Wildman–Crippen MR) is 142 cm³/mol. The Balaban J connectivity index is 1.91. The molecule has 1 N–H and O–H groups in total. The Morgan fingerprint density at radius 2 is 1.88 bits per heavy atom. The van der Waals surface area contributed by atoms with E-state index in [9.17, 15) is 4.79 Å². The van der Waals surface area contributed by atoms with Crippen molar-refractivity contribution < 1.29 is 14.6 Å². The molecular weight excluding hydrogens is 422 g/mol. The molecule has 0 fully saturated rings. The van der Waals surface area contributed by atoms with Crippen molar-refractivity contribution >= 4 is 17.2 Å². The number of aliphatic carboxylic acids is 1. The number of anilines is 1. The van der Waals surface area contributed by atoms with Gasteiger partial charge >= 0.3 is 5.97 Å². The van der Waals surface area contributed by atoms with Gasteiger partial charge in [0, 0.05) is 18.8 Å². The van der Waals surface area contributed by atoms with Crippen LogP contribution in [0.2, 0.25) is 0 Å². The van der Waals surface area contributed by atoms with E-state index in [0.29, 0.717) is 5.75 Å². The van der Waals surface area contributed by atoms with Gasteiger partial charge in [0.15, 0.2) is 6.61 Å². The van der Waals surface area contributed by atoms with Crippen LogP contribution in [0, 0.1) is 13.8 Å². The van der Waals surface area contributed by atoms with Crippen LogP contribution in [-0.4, -0.2) is 24.2 Å². The molecule has 0 radical (unpaired) electrons. The summed E-state index contributed by atoms with van der Waals surface area (Å²) < 4.78 is 5.41. The van der Waals surface area contributed by atoms with E-state index in [1.54, 1.807) is 0 Å². The van der Waals surface area contributed by atoms with Crippen molar-refractivity contribution in [3.63, 3.8) is 0 Å². The first-order valence-electron chi connectivity index (χ1n) is 12.1. The summed E-state index contributed by atoms with van der Waals surface area (Å²) in [5.41, 5.74) is 9.93. The number of carbonyl (C=O) groups is 1. The van der Waals surface area contributed by atoms with Crippen LogP contribution in [0.15, 0.2) is 65.8 Å². The van der Waals surface area contributed by atoms with Gasteiger partial charge in [0.25, 0.3) is 0 Å². The minimum absolute atomic E-state index is 0.326. The summed E-state index contributed by atoms with van der Waals surface area (Å²) in [7, 11) is 0. The van der Waals surface area contributed by atoms with Gasteiger partial charge in [-0.05, 0) is 86.1 Å². The van der Waals surface area contributed by atoms with Crippen molar-refractivity contribution in [1.29, 1.82) is 0 Å². The second kappa shape index (κ2) is 11.7. The number of carboxylic acids is 1. The molecule has 0 saturated carbocycles. The van der Waals surface area contributed by atoms with E-state index in [1.807, 2.05) is 19.1 Å². The largest absolute Gasteiger partial charge is 0.482 e. The van der Waals surface area contributed by atoms with Crippen molar-refractivity contribution in [2.45, 2.75) is 60.4 Å². The second-order valence-electron chi connectivity index (χ2n) is 9.14. The SMILES string of the molecule is CCCCN(Cc1ccc(OCC(=O)O)c(C)c1)c1cccc(C2=CCC=C(C)C=C2C)c1C. The summed E-state index contributed by atoms with van der Waals surface area (Å²) >= 11 is 0. The van der Waals surface area contributed by atoms with Gasteiger partial charge in [-0.25, -0.2) is 4.79 Å². The van der Waals surface area contributed by atoms with Crippen LogP contribution in [0.1, 0.15) is 62.3 Å². The normalized spacial score (nSPS) is 13.5. The number of unbranched alkanes of at least 4 members (excludes halogenated alkanes) is 1. The van der Waals surface area contributed by atoms with Crippen LogP contribution >= 0.6 is 0 Å². The van der Waals surface area contributed by atoms with Crippen LogP contribution in [0.25, 0.3) is 5.57 Å². The lowest BCUT2D eigenvalue weighted by atomic mass is 9.93. The number of rotatable bonds is 10. The zero-order chi connectivity index (χ0) is 24.7. The molecule has 0 aromatic heterocycles. The molecular formula is C30H37NO3. The fourth-order valence-electron chi connectivity index (χ4n) is 4.55. The number of allylic oxidation sites excluding steroid dienone is 6. The summed E-state index contributed by atoms with van der Waals surface area (Å²) in [6.45, 7) is 12.2. The first-order valence-corrected chi connectivity index (χ1v) is 12.1. The molecule has 0 spiro atoms. The van der Waals surface area contributed by atoms with Gasteiger partial charge in [0.1, 0.15) is 5.75 Å². The molecule has 1 aliphatic carbocycles. The van der Waals surface area contributed by atoms with E-state index in [4.69, 9.17) is 9.84 Å². The monoisotopic (exact) mass is 459 g/mol. The van der Waals surface area contributed by atoms with Crippen molar-refractivity contribution in [1.82, 2.24) is 0 Å². The third-order valence-electron chi connectivity index (χ3n) is 6.31. The molecule has 0 amide bonds. The number of nitrogens with zero attached hydrogens (tertiary/aromatic N) is 1. The van der Waals surface area contributed by atoms with Gasteiger partial charge in [-0.2, -0.15) is 0 Å². The van der Waals surface area contributed by atoms with Gasteiger partial charge in [-0.1, -0.05) is 61.4 Å². The summed E-state index contributed by atoms with van der Waals surface area (Å²) in [5, 5.41) is 8.89. The van der Waals surface area contributed by atoms with Gasteiger partial charge < -0.3 is 14.7 Å². The maximum Gasteiger partial charge on any atom is 0.341 e. The standard InChI is InChI=1S/C30H37NO3/c1-6-7-16-31(19-25-14-15-29(23(4)18-25)34-20-30(32)33)28-13-9-12-27(24(28)5)26-11-8-10-21(2)17-22(26)3/h9-15,17-18H,6-8,16,19-20H2,1-5H3,(H,32,33). The van der Waals surface area contributed by atoms with E-state index < -0.39 is 5.97 Å². The number of ether oxygens (including phenoxy) is 1. The van der Waals surface area contributed by atoms with E-state index in [2.05, 4.69) is 75.1 Å². The second-order valence-corrected chi connectivity index (χ2v) is 9.14. The zero-order valence-corrected chi connectivity index (χ0v) is 21.1. The van der Waals surface area contributed by atoms with Gasteiger partial charge in [-0.15, -0.1) is 0 Å². The average Bonchev–Trinajstić information content (AvgIpc) is 2.96. The minimum atomic E-state index is -0.968. The van der Waals surface area contributed by atoms with Crippen LogP contribution in [0.4, 0.5) is 5.69 Å². The summed E-state index contributed by atoms with van der Waals surface area (Å²) in [5.74, 6) is -0.347. The fourth-order valence-corrected chi connectivity index (χ4v) is 4.55. The third-order valence-corrected chi connectivity index (χ3v) is 6.31. The third kappa shape index (κ3) is 6.40. The van der Waals surface area contributed by atoms with E-state index in [0.717, 1.165) is 37.9 Å². The molecule has 3 rings (SSSR count). The van der Waals surface area contributed by atoms with Crippen LogP contribution < -0.4 is 9.64 Å². The van der Waals surface area contributed by atoms with Gasteiger partial charge in [0.05, 0.1) is 0 Å². The van der Waals surface area contributed by atoms with E-state index >= 15 is 0 Å². The molecule has 0 unspecified atom stereocenters. The molecule has 0 aliphatic heterocycles. The predicted octanol–water partition coefficient (Wildman–Crippen LogP) is 7.25. The van der Waals surface area contributed by atoms with Crippen molar-refractivity contribution in [3.05, 3.63) is 88.0 Å². The maximum absolute atomic E-state index is 10.8. The molecule has 0 bridgehead atoms. The fraction of sp³-hybridized carbons (Fsp3) is 0.367.